The molecule has 0 bridgehead atoms. The lowest BCUT2D eigenvalue weighted by molar-refractivity contribution is 0.576. The topological polar surface area (TPSA) is 61.4 Å². The predicted molar refractivity (Wildman–Crippen MR) is 79.1 cm³/mol. The summed E-state index contributed by atoms with van der Waals surface area (Å²) in [6.07, 6.45) is 3.73. The molecule has 22 heavy (non-hydrogen) atoms. The average molecular weight is 300 g/mol. The monoisotopic (exact) mass is 300 g/mol. The van der Waals surface area contributed by atoms with Crippen LogP contribution in [-0.2, 0) is 13.0 Å². The second-order valence-corrected chi connectivity index (χ2v) is 5.31. The normalized spacial score (nSPS) is 11.3. The number of rotatable bonds is 5. The van der Waals surface area contributed by atoms with Crippen LogP contribution in [-0.4, -0.2) is 29.5 Å². The standard InChI is InChI=1S/C15H17FN6/c1-11(2)15-19-14(7-8-21-10-17-9-18-21)22(20-15)13-6-4-3-5-12(13)16/h3-6,9-11H,7-8H2,1-2H3. The van der Waals surface area contributed by atoms with Crippen LogP contribution in [0, 0.1) is 5.82 Å². The van der Waals surface area contributed by atoms with Crippen molar-refractivity contribution in [1.29, 1.82) is 0 Å². The molecule has 0 fully saturated rings. The van der Waals surface area contributed by atoms with Gasteiger partial charge in [-0.15, -0.1) is 0 Å². The van der Waals surface area contributed by atoms with Crippen molar-refractivity contribution in [2.75, 3.05) is 0 Å². The molecule has 0 aliphatic heterocycles. The Morgan fingerprint density at radius 1 is 1.23 bits per heavy atom. The Kier molecular flexibility index (Phi) is 3.95. The maximum Gasteiger partial charge on any atom is 0.153 e. The van der Waals surface area contributed by atoms with Crippen LogP contribution in [0.2, 0.25) is 0 Å². The van der Waals surface area contributed by atoms with Gasteiger partial charge in [0.25, 0.3) is 0 Å². The summed E-state index contributed by atoms with van der Waals surface area (Å²) < 4.78 is 17.4. The van der Waals surface area contributed by atoms with E-state index in [1.165, 1.54) is 12.4 Å². The van der Waals surface area contributed by atoms with Gasteiger partial charge < -0.3 is 0 Å². The highest BCUT2D eigenvalue weighted by atomic mass is 19.1. The fourth-order valence-electron chi connectivity index (χ4n) is 2.15. The Balaban J connectivity index is 1.95. The third kappa shape index (κ3) is 2.88. The Bertz CT molecular complexity index is 747. The summed E-state index contributed by atoms with van der Waals surface area (Å²) in [6, 6.07) is 6.57. The van der Waals surface area contributed by atoms with Crippen molar-refractivity contribution in [3.63, 3.8) is 0 Å². The Morgan fingerprint density at radius 2 is 2.05 bits per heavy atom. The van der Waals surface area contributed by atoms with Crippen molar-refractivity contribution in [1.82, 2.24) is 29.5 Å². The van der Waals surface area contributed by atoms with Crippen LogP contribution in [0.25, 0.3) is 5.69 Å². The van der Waals surface area contributed by atoms with E-state index in [1.54, 1.807) is 33.9 Å². The third-order valence-electron chi connectivity index (χ3n) is 3.32. The molecule has 0 unspecified atom stereocenters. The number of nitrogens with zero attached hydrogens (tertiary/aromatic N) is 6. The summed E-state index contributed by atoms with van der Waals surface area (Å²) in [5.41, 5.74) is 0.412. The van der Waals surface area contributed by atoms with Gasteiger partial charge in [-0.1, -0.05) is 26.0 Å². The van der Waals surface area contributed by atoms with E-state index in [4.69, 9.17) is 0 Å². The van der Waals surface area contributed by atoms with Crippen molar-refractivity contribution in [2.24, 2.45) is 0 Å². The summed E-state index contributed by atoms with van der Waals surface area (Å²) in [5, 5.41) is 8.53. The molecule has 2 aromatic heterocycles. The zero-order chi connectivity index (χ0) is 15.5. The number of para-hydroxylation sites is 1. The van der Waals surface area contributed by atoms with Gasteiger partial charge in [-0.3, -0.25) is 4.68 Å². The molecule has 1 aromatic carbocycles. The smallest absolute Gasteiger partial charge is 0.153 e. The second-order valence-electron chi connectivity index (χ2n) is 5.31. The van der Waals surface area contributed by atoms with Gasteiger partial charge in [0.1, 0.15) is 30.0 Å². The van der Waals surface area contributed by atoms with Crippen LogP contribution in [0.5, 0.6) is 0 Å². The van der Waals surface area contributed by atoms with Gasteiger partial charge in [0.15, 0.2) is 5.82 Å². The highest BCUT2D eigenvalue weighted by Crippen LogP contribution is 2.18. The number of hydrogen-bond donors (Lipinski definition) is 0. The second kappa shape index (κ2) is 6.05. The Morgan fingerprint density at radius 3 is 2.73 bits per heavy atom. The van der Waals surface area contributed by atoms with Gasteiger partial charge in [-0.25, -0.2) is 19.0 Å². The van der Waals surface area contributed by atoms with E-state index in [-0.39, 0.29) is 11.7 Å². The highest BCUT2D eigenvalue weighted by Gasteiger charge is 2.16. The molecule has 114 valence electrons. The number of halogens is 1. The summed E-state index contributed by atoms with van der Waals surface area (Å²) in [5.74, 6) is 1.28. The predicted octanol–water partition coefficient (Wildman–Crippen LogP) is 2.36. The zero-order valence-electron chi connectivity index (χ0n) is 12.5. The molecule has 0 atom stereocenters. The van der Waals surface area contributed by atoms with E-state index in [0.717, 1.165) is 0 Å². The van der Waals surface area contributed by atoms with Gasteiger partial charge in [-0.05, 0) is 12.1 Å². The summed E-state index contributed by atoms with van der Waals surface area (Å²) in [6.45, 7) is 4.65. The van der Waals surface area contributed by atoms with E-state index < -0.39 is 0 Å². The minimum atomic E-state index is -0.315. The number of aromatic nitrogens is 6. The minimum Gasteiger partial charge on any atom is -0.253 e. The number of aryl methyl sites for hydroxylation is 2. The molecule has 0 aliphatic rings. The van der Waals surface area contributed by atoms with E-state index in [2.05, 4.69) is 20.2 Å². The fraction of sp³-hybridized carbons (Fsp3) is 0.333. The first-order chi connectivity index (χ1) is 10.6. The molecule has 6 nitrogen and oxygen atoms in total. The lowest BCUT2D eigenvalue weighted by atomic mass is 10.2. The van der Waals surface area contributed by atoms with Crippen LogP contribution < -0.4 is 0 Å². The SMILES string of the molecule is CC(C)c1nc(CCn2cncn2)n(-c2ccccc2F)n1. The quantitative estimate of drug-likeness (QED) is 0.725. The summed E-state index contributed by atoms with van der Waals surface area (Å²) >= 11 is 0. The molecule has 0 radical (unpaired) electrons. The highest BCUT2D eigenvalue weighted by molar-refractivity contribution is 5.33. The molecular weight excluding hydrogens is 283 g/mol. The molecule has 3 rings (SSSR count). The summed E-state index contributed by atoms with van der Waals surface area (Å²) in [4.78, 5) is 8.46. The maximum absolute atomic E-state index is 14.1. The van der Waals surface area contributed by atoms with Crippen molar-refractivity contribution < 1.29 is 4.39 Å². The van der Waals surface area contributed by atoms with E-state index in [9.17, 15) is 4.39 Å². The van der Waals surface area contributed by atoms with Gasteiger partial charge in [0, 0.05) is 18.9 Å². The molecule has 0 spiro atoms. The van der Waals surface area contributed by atoms with Gasteiger partial charge in [0.05, 0.1) is 0 Å². The Labute approximate surface area is 127 Å². The minimum absolute atomic E-state index is 0.179. The van der Waals surface area contributed by atoms with Gasteiger partial charge in [-0.2, -0.15) is 10.2 Å². The van der Waals surface area contributed by atoms with Crippen LogP contribution >= 0.6 is 0 Å². The van der Waals surface area contributed by atoms with Crippen molar-refractivity contribution in [3.8, 4) is 5.69 Å². The molecule has 3 aromatic rings. The molecule has 7 heteroatoms. The van der Waals surface area contributed by atoms with Crippen molar-refractivity contribution in [2.45, 2.75) is 32.7 Å². The van der Waals surface area contributed by atoms with Crippen LogP contribution in [0.15, 0.2) is 36.9 Å². The van der Waals surface area contributed by atoms with E-state index in [0.29, 0.717) is 30.3 Å². The molecule has 2 heterocycles. The largest absolute Gasteiger partial charge is 0.253 e. The van der Waals surface area contributed by atoms with E-state index >= 15 is 0 Å². The molecular formula is C15H17FN6. The first kappa shape index (κ1) is 14.4. The lowest BCUT2D eigenvalue weighted by Crippen LogP contribution is -2.09. The lowest BCUT2D eigenvalue weighted by Gasteiger charge is -2.06. The number of hydrogen-bond acceptors (Lipinski definition) is 4. The molecule has 0 amide bonds. The molecule has 0 N–H and O–H groups in total. The Hall–Kier alpha value is -2.57. The summed E-state index contributed by atoms with van der Waals surface area (Å²) in [7, 11) is 0. The van der Waals surface area contributed by atoms with E-state index in [1.807, 2.05) is 13.8 Å². The van der Waals surface area contributed by atoms with Gasteiger partial charge in [0.2, 0.25) is 0 Å². The fourth-order valence-corrected chi connectivity index (χ4v) is 2.15. The van der Waals surface area contributed by atoms with Crippen LogP contribution in [0.3, 0.4) is 0 Å². The molecule has 0 saturated heterocycles. The number of benzene rings is 1. The average Bonchev–Trinajstić information content (AvgIpc) is 3.15. The first-order valence-corrected chi connectivity index (χ1v) is 7.18. The molecule has 0 aliphatic carbocycles. The van der Waals surface area contributed by atoms with Crippen LogP contribution in [0.4, 0.5) is 4.39 Å². The van der Waals surface area contributed by atoms with Crippen molar-refractivity contribution in [3.05, 3.63) is 54.4 Å². The third-order valence-corrected chi connectivity index (χ3v) is 3.32. The maximum atomic E-state index is 14.1. The van der Waals surface area contributed by atoms with Crippen LogP contribution in [0.1, 0.15) is 31.4 Å². The molecule has 0 saturated carbocycles. The zero-order valence-corrected chi connectivity index (χ0v) is 12.5. The first-order valence-electron chi connectivity index (χ1n) is 7.18. The van der Waals surface area contributed by atoms with Crippen molar-refractivity contribution >= 4 is 0 Å². The van der Waals surface area contributed by atoms with Gasteiger partial charge >= 0.3 is 0 Å².